The fourth-order valence-corrected chi connectivity index (χ4v) is 4.04. The van der Waals surface area contributed by atoms with Crippen LogP contribution in [0.4, 0.5) is 5.69 Å². The molecule has 0 saturated carbocycles. The lowest BCUT2D eigenvalue weighted by molar-refractivity contribution is 1.12. The Morgan fingerprint density at radius 3 is 2.53 bits per heavy atom. The molecule has 0 fully saturated rings. The van der Waals surface area contributed by atoms with Gasteiger partial charge in [-0.25, -0.2) is 4.98 Å². The number of halogens is 3. The Labute approximate surface area is 126 Å². The zero-order chi connectivity index (χ0) is 12.4. The average Bonchev–Trinajstić information content (AvgIpc) is 2.62. The Hall–Kier alpha value is -0.100. The minimum Gasteiger partial charge on any atom is -0.378 e. The van der Waals surface area contributed by atoms with Crippen LogP contribution in [0, 0.1) is 6.92 Å². The van der Waals surface area contributed by atoms with Crippen molar-refractivity contribution >= 4 is 60.5 Å². The first kappa shape index (κ1) is 13.3. The fourth-order valence-electron chi connectivity index (χ4n) is 1.38. The molecule has 2 aromatic rings. The second kappa shape index (κ2) is 5.69. The van der Waals surface area contributed by atoms with Gasteiger partial charge >= 0.3 is 0 Å². The van der Waals surface area contributed by atoms with Crippen molar-refractivity contribution in [1.29, 1.82) is 0 Å². The smallest absolute Gasteiger partial charge is 0.0798 e. The van der Waals surface area contributed by atoms with Crippen molar-refractivity contribution in [3.05, 3.63) is 42.2 Å². The van der Waals surface area contributed by atoms with Gasteiger partial charge in [-0.15, -0.1) is 11.3 Å². The van der Waals surface area contributed by atoms with E-state index in [4.69, 9.17) is 11.6 Å². The van der Waals surface area contributed by atoms with E-state index in [1.807, 2.05) is 24.6 Å². The lowest BCUT2D eigenvalue weighted by Crippen LogP contribution is -2.00. The van der Waals surface area contributed by atoms with Crippen LogP contribution in [0.25, 0.3) is 0 Å². The second-order valence-electron chi connectivity index (χ2n) is 3.46. The van der Waals surface area contributed by atoms with Crippen LogP contribution in [-0.2, 0) is 6.54 Å². The molecule has 0 unspecified atom stereocenters. The van der Waals surface area contributed by atoms with E-state index in [-0.39, 0.29) is 0 Å². The number of nitrogens with one attached hydrogen (secondary N) is 1. The Morgan fingerprint density at radius 1 is 1.35 bits per heavy atom. The third kappa shape index (κ3) is 3.22. The molecule has 90 valence electrons. The maximum atomic E-state index is 5.95. The molecule has 0 radical (unpaired) electrons. The average molecular weight is 397 g/mol. The van der Waals surface area contributed by atoms with Gasteiger partial charge < -0.3 is 5.32 Å². The molecule has 0 aliphatic rings. The molecule has 0 aliphatic heterocycles. The van der Waals surface area contributed by atoms with Crippen molar-refractivity contribution in [1.82, 2.24) is 4.98 Å². The quantitative estimate of drug-likeness (QED) is 0.767. The summed E-state index contributed by atoms with van der Waals surface area (Å²) in [5.74, 6) is 0. The van der Waals surface area contributed by atoms with E-state index in [9.17, 15) is 0 Å². The van der Waals surface area contributed by atoms with Crippen molar-refractivity contribution < 1.29 is 0 Å². The van der Waals surface area contributed by atoms with E-state index in [1.54, 1.807) is 11.3 Å². The maximum Gasteiger partial charge on any atom is 0.0798 e. The van der Waals surface area contributed by atoms with E-state index in [0.717, 1.165) is 26.9 Å². The van der Waals surface area contributed by atoms with Crippen LogP contribution in [0.2, 0.25) is 5.02 Å². The minimum atomic E-state index is 0.697. The summed E-state index contributed by atoms with van der Waals surface area (Å²) in [5.41, 5.74) is 3.93. The summed E-state index contributed by atoms with van der Waals surface area (Å²) in [6.07, 6.45) is 0. The van der Waals surface area contributed by atoms with Gasteiger partial charge in [0.2, 0.25) is 0 Å². The van der Waals surface area contributed by atoms with Crippen molar-refractivity contribution in [3.63, 3.8) is 0 Å². The topological polar surface area (TPSA) is 24.9 Å². The highest BCUT2D eigenvalue weighted by molar-refractivity contribution is 9.11. The minimum absolute atomic E-state index is 0.697. The molecule has 2 nitrogen and oxygen atoms in total. The van der Waals surface area contributed by atoms with Gasteiger partial charge in [-0.2, -0.15) is 0 Å². The lowest BCUT2D eigenvalue weighted by atomic mass is 10.3. The molecule has 1 N–H and O–H groups in total. The highest BCUT2D eigenvalue weighted by atomic mass is 79.9. The van der Waals surface area contributed by atoms with Crippen LogP contribution in [0.15, 0.2) is 26.6 Å². The molecule has 1 aromatic heterocycles. The predicted octanol–water partition coefficient (Wildman–Crippen LogP) is 5.24. The van der Waals surface area contributed by atoms with E-state index >= 15 is 0 Å². The number of rotatable bonds is 3. The van der Waals surface area contributed by atoms with Crippen LogP contribution in [0.1, 0.15) is 10.6 Å². The van der Waals surface area contributed by atoms with Gasteiger partial charge in [0, 0.05) is 18.8 Å². The molecule has 0 amide bonds. The van der Waals surface area contributed by atoms with Gasteiger partial charge in [0.1, 0.15) is 0 Å². The number of aromatic nitrogens is 1. The summed E-state index contributed by atoms with van der Waals surface area (Å²) < 4.78 is 1.89. The third-order valence-electron chi connectivity index (χ3n) is 2.28. The standard InChI is InChI=1S/C11H9Br2ClN2S/c1-6-10(17-5-16-6)4-15-11-8(12)2-7(14)3-9(11)13/h2-3,5,15H,4H2,1H3. The summed E-state index contributed by atoms with van der Waals surface area (Å²) in [5, 5.41) is 4.07. The monoisotopic (exact) mass is 394 g/mol. The highest BCUT2D eigenvalue weighted by Crippen LogP contribution is 2.34. The van der Waals surface area contributed by atoms with Crippen molar-refractivity contribution in [2.24, 2.45) is 0 Å². The summed E-state index contributed by atoms with van der Waals surface area (Å²) >= 11 is 14.6. The maximum absolute atomic E-state index is 5.95. The van der Waals surface area contributed by atoms with Crippen LogP contribution in [-0.4, -0.2) is 4.98 Å². The Bertz CT molecular complexity index is 519. The van der Waals surface area contributed by atoms with Crippen molar-refractivity contribution in [3.8, 4) is 0 Å². The SMILES string of the molecule is Cc1ncsc1CNc1c(Br)cc(Cl)cc1Br. The molecular weight excluding hydrogens is 387 g/mol. The van der Waals surface area contributed by atoms with Crippen molar-refractivity contribution in [2.75, 3.05) is 5.32 Å². The number of nitrogens with zero attached hydrogens (tertiary/aromatic N) is 1. The molecule has 1 heterocycles. The van der Waals surface area contributed by atoms with Gasteiger partial charge in [0.25, 0.3) is 0 Å². The zero-order valence-corrected chi connectivity index (χ0v) is 13.7. The van der Waals surface area contributed by atoms with Gasteiger partial charge in [-0.05, 0) is 50.9 Å². The molecule has 17 heavy (non-hydrogen) atoms. The van der Waals surface area contributed by atoms with Gasteiger partial charge in [0.05, 0.1) is 23.4 Å². The Balaban J connectivity index is 2.17. The summed E-state index contributed by atoms with van der Waals surface area (Å²) in [6, 6.07) is 3.74. The third-order valence-corrected chi connectivity index (χ3v) is 4.68. The number of aryl methyl sites for hydroxylation is 1. The van der Waals surface area contributed by atoms with E-state index in [2.05, 4.69) is 42.2 Å². The molecule has 1 aromatic carbocycles. The van der Waals surface area contributed by atoms with Gasteiger partial charge in [0.15, 0.2) is 0 Å². The van der Waals surface area contributed by atoms with E-state index in [1.165, 1.54) is 4.88 Å². The molecule has 0 aliphatic carbocycles. The number of benzene rings is 1. The fraction of sp³-hybridized carbons (Fsp3) is 0.182. The first-order chi connectivity index (χ1) is 8.08. The van der Waals surface area contributed by atoms with Gasteiger partial charge in [-0.3, -0.25) is 0 Å². The normalized spacial score (nSPS) is 10.6. The largest absolute Gasteiger partial charge is 0.378 e. The highest BCUT2D eigenvalue weighted by Gasteiger charge is 2.08. The lowest BCUT2D eigenvalue weighted by Gasteiger charge is -2.10. The van der Waals surface area contributed by atoms with Crippen LogP contribution < -0.4 is 5.32 Å². The number of thiazole rings is 1. The molecule has 0 saturated heterocycles. The van der Waals surface area contributed by atoms with Crippen LogP contribution >= 0.6 is 54.8 Å². The molecule has 0 bridgehead atoms. The first-order valence-electron chi connectivity index (χ1n) is 4.85. The first-order valence-corrected chi connectivity index (χ1v) is 7.69. The Kier molecular flexibility index (Phi) is 4.47. The van der Waals surface area contributed by atoms with Crippen LogP contribution in [0.3, 0.4) is 0 Å². The summed E-state index contributed by atoms with van der Waals surface area (Å²) in [4.78, 5) is 5.46. The van der Waals surface area contributed by atoms with Crippen molar-refractivity contribution in [2.45, 2.75) is 13.5 Å². The summed E-state index contributed by atoms with van der Waals surface area (Å²) in [7, 11) is 0. The van der Waals surface area contributed by atoms with E-state index < -0.39 is 0 Å². The zero-order valence-electron chi connectivity index (χ0n) is 8.93. The second-order valence-corrected chi connectivity index (χ2v) is 6.54. The van der Waals surface area contributed by atoms with Crippen LogP contribution in [0.5, 0.6) is 0 Å². The number of hydrogen-bond acceptors (Lipinski definition) is 3. The molecule has 0 atom stereocenters. The van der Waals surface area contributed by atoms with E-state index in [0.29, 0.717) is 5.02 Å². The van der Waals surface area contributed by atoms with Gasteiger partial charge in [-0.1, -0.05) is 11.6 Å². The molecule has 2 rings (SSSR count). The summed E-state index contributed by atoms with van der Waals surface area (Å²) in [6.45, 7) is 2.77. The molecule has 0 spiro atoms. The number of anilines is 1. The Morgan fingerprint density at radius 2 is 2.00 bits per heavy atom. The number of hydrogen-bond donors (Lipinski definition) is 1. The molecule has 6 heteroatoms. The predicted molar refractivity (Wildman–Crippen MR) is 81.0 cm³/mol. The molecular formula is C11H9Br2ClN2S.